The number of benzene rings is 2. The minimum atomic E-state index is -0.387. The highest BCUT2D eigenvalue weighted by atomic mass is 35.5. The first-order valence-corrected chi connectivity index (χ1v) is 6.79. The van der Waals surface area contributed by atoms with E-state index in [0.717, 1.165) is 11.1 Å². The van der Waals surface area contributed by atoms with Gasteiger partial charge in [0.15, 0.2) is 6.29 Å². The summed E-state index contributed by atoms with van der Waals surface area (Å²) in [4.78, 5) is 0. The molecule has 3 heteroatoms. The van der Waals surface area contributed by atoms with Crippen molar-refractivity contribution in [3.63, 3.8) is 0 Å². The van der Waals surface area contributed by atoms with Gasteiger partial charge in [0.05, 0.1) is 19.1 Å². The SMILES string of the molecule is ClCC(OCc1ccccc1)OCc1ccccc1. The lowest BCUT2D eigenvalue weighted by Gasteiger charge is -2.16. The molecule has 0 saturated carbocycles. The number of hydrogen-bond acceptors (Lipinski definition) is 2. The monoisotopic (exact) mass is 276 g/mol. The molecule has 0 amide bonds. The number of rotatable bonds is 7. The van der Waals surface area contributed by atoms with Crippen LogP contribution in [-0.2, 0) is 22.7 Å². The van der Waals surface area contributed by atoms with Gasteiger partial charge in [0, 0.05) is 0 Å². The Morgan fingerprint density at radius 1 is 0.737 bits per heavy atom. The van der Waals surface area contributed by atoms with Gasteiger partial charge in [-0.15, -0.1) is 11.6 Å². The van der Waals surface area contributed by atoms with Crippen LogP contribution >= 0.6 is 11.6 Å². The maximum atomic E-state index is 5.85. The van der Waals surface area contributed by atoms with Crippen LogP contribution in [0.5, 0.6) is 0 Å². The van der Waals surface area contributed by atoms with E-state index in [0.29, 0.717) is 19.1 Å². The summed E-state index contributed by atoms with van der Waals surface area (Å²) in [6, 6.07) is 20.0. The first-order valence-electron chi connectivity index (χ1n) is 6.25. The molecule has 0 atom stereocenters. The molecule has 0 aliphatic heterocycles. The number of ether oxygens (including phenoxy) is 2. The Labute approximate surface area is 118 Å². The van der Waals surface area contributed by atoms with Gasteiger partial charge in [0.25, 0.3) is 0 Å². The maximum Gasteiger partial charge on any atom is 0.171 e. The fourth-order valence-corrected chi connectivity index (χ4v) is 1.84. The van der Waals surface area contributed by atoms with Gasteiger partial charge in [-0.3, -0.25) is 0 Å². The highest BCUT2D eigenvalue weighted by molar-refractivity contribution is 6.18. The van der Waals surface area contributed by atoms with Crippen molar-refractivity contribution in [2.24, 2.45) is 0 Å². The molecule has 0 saturated heterocycles. The molecule has 0 aromatic heterocycles. The van der Waals surface area contributed by atoms with Gasteiger partial charge >= 0.3 is 0 Å². The van der Waals surface area contributed by atoms with E-state index in [9.17, 15) is 0 Å². The fraction of sp³-hybridized carbons (Fsp3) is 0.250. The van der Waals surface area contributed by atoms with E-state index < -0.39 is 0 Å². The van der Waals surface area contributed by atoms with E-state index in [1.165, 1.54) is 0 Å². The normalized spacial score (nSPS) is 10.8. The van der Waals surface area contributed by atoms with Crippen LogP contribution in [0.15, 0.2) is 60.7 Å². The van der Waals surface area contributed by atoms with Gasteiger partial charge in [-0.2, -0.15) is 0 Å². The second kappa shape index (κ2) is 7.95. The number of halogens is 1. The van der Waals surface area contributed by atoms with Crippen LogP contribution in [0.3, 0.4) is 0 Å². The Kier molecular flexibility index (Phi) is 5.89. The van der Waals surface area contributed by atoms with Crippen LogP contribution in [0.2, 0.25) is 0 Å². The molecule has 2 aromatic carbocycles. The van der Waals surface area contributed by atoms with Crippen molar-refractivity contribution in [1.29, 1.82) is 0 Å². The zero-order chi connectivity index (χ0) is 13.3. The lowest BCUT2D eigenvalue weighted by Crippen LogP contribution is -2.18. The van der Waals surface area contributed by atoms with E-state index in [4.69, 9.17) is 21.1 Å². The second-order valence-electron chi connectivity index (χ2n) is 4.18. The summed E-state index contributed by atoms with van der Waals surface area (Å²) in [5, 5.41) is 0. The second-order valence-corrected chi connectivity index (χ2v) is 4.49. The van der Waals surface area contributed by atoms with E-state index in [2.05, 4.69) is 0 Å². The first-order chi connectivity index (χ1) is 9.38. The maximum absolute atomic E-state index is 5.85. The van der Waals surface area contributed by atoms with Crippen LogP contribution in [-0.4, -0.2) is 12.2 Å². The molecule has 0 N–H and O–H groups in total. The zero-order valence-electron chi connectivity index (χ0n) is 10.7. The molecule has 0 bridgehead atoms. The molecule has 2 nitrogen and oxygen atoms in total. The molecule has 2 aromatic rings. The minimum absolute atomic E-state index is 0.319. The summed E-state index contributed by atoms with van der Waals surface area (Å²) >= 11 is 5.85. The molecular weight excluding hydrogens is 260 g/mol. The molecule has 0 radical (unpaired) electrons. The van der Waals surface area contributed by atoms with Crippen LogP contribution in [0.1, 0.15) is 11.1 Å². The van der Waals surface area contributed by atoms with Crippen molar-refractivity contribution < 1.29 is 9.47 Å². The third-order valence-corrected chi connectivity index (χ3v) is 2.94. The predicted molar refractivity (Wildman–Crippen MR) is 77.0 cm³/mol. The van der Waals surface area contributed by atoms with E-state index in [-0.39, 0.29) is 6.29 Å². The molecule has 0 unspecified atom stereocenters. The summed E-state index contributed by atoms with van der Waals surface area (Å²) in [7, 11) is 0. The Bertz CT molecular complexity index is 415. The molecule has 2 rings (SSSR count). The molecule has 0 heterocycles. The van der Waals surface area contributed by atoms with Crippen LogP contribution in [0.25, 0.3) is 0 Å². The van der Waals surface area contributed by atoms with Crippen molar-refractivity contribution in [3.8, 4) is 0 Å². The predicted octanol–water partition coefficient (Wildman–Crippen LogP) is 3.98. The smallest absolute Gasteiger partial charge is 0.171 e. The van der Waals surface area contributed by atoms with E-state index in [1.807, 2.05) is 60.7 Å². The van der Waals surface area contributed by atoms with Gasteiger partial charge in [0.1, 0.15) is 0 Å². The van der Waals surface area contributed by atoms with E-state index in [1.54, 1.807) is 0 Å². The number of hydrogen-bond donors (Lipinski definition) is 0. The van der Waals surface area contributed by atoms with Crippen molar-refractivity contribution in [3.05, 3.63) is 71.8 Å². The van der Waals surface area contributed by atoms with Crippen LogP contribution in [0, 0.1) is 0 Å². The standard InChI is InChI=1S/C16H17ClO2/c17-11-16(18-12-14-7-3-1-4-8-14)19-13-15-9-5-2-6-10-15/h1-10,16H,11-13H2. The third-order valence-electron chi connectivity index (χ3n) is 2.68. The van der Waals surface area contributed by atoms with Gasteiger partial charge in [-0.05, 0) is 11.1 Å². The first kappa shape index (κ1) is 14.1. The highest BCUT2D eigenvalue weighted by Gasteiger charge is 2.08. The minimum Gasteiger partial charge on any atom is -0.347 e. The van der Waals surface area contributed by atoms with Crippen molar-refractivity contribution >= 4 is 11.6 Å². The summed E-state index contributed by atoms with van der Waals surface area (Å²) in [6.45, 7) is 1.01. The average molecular weight is 277 g/mol. The van der Waals surface area contributed by atoms with Gasteiger partial charge in [-0.25, -0.2) is 0 Å². The fourth-order valence-electron chi connectivity index (χ4n) is 1.66. The van der Waals surface area contributed by atoms with Gasteiger partial charge < -0.3 is 9.47 Å². The average Bonchev–Trinajstić information content (AvgIpc) is 2.49. The lowest BCUT2D eigenvalue weighted by atomic mass is 10.2. The van der Waals surface area contributed by atoms with Crippen LogP contribution < -0.4 is 0 Å². The highest BCUT2D eigenvalue weighted by Crippen LogP contribution is 2.09. The summed E-state index contributed by atoms with van der Waals surface area (Å²) < 4.78 is 11.3. The molecule has 0 aliphatic rings. The summed E-state index contributed by atoms with van der Waals surface area (Å²) in [5.74, 6) is 0.319. The third kappa shape index (κ3) is 5.03. The topological polar surface area (TPSA) is 18.5 Å². The summed E-state index contributed by atoms with van der Waals surface area (Å²) in [6.07, 6.45) is -0.387. The molecule has 0 spiro atoms. The largest absolute Gasteiger partial charge is 0.347 e. The molecular formula is C16H17ClO2. The zero-order valence-corrected chi connectivity index (χ0v) is 11.4. The summed E-state index contributed by atoms with van der Waals surface area (Å²) in [5.41, 5.74) is 2.22. The van der Waals surface area contributed by atoms with Crippen molar-refractivity contribution in [1.82, 2.24) is 0 Å². The van der Waals surface area contributed by atoms with Crippen molar-refractivity contribution in [2.45, 2.75) is 19.5 Å². The molecule has 100 valence electrons. The molecule has 19 heavy (non-hydrogen) atoms. The van der Waals surface area contributed by atoms with Gasteiger partial charge in [-0.1, -0.05) is 60.7 Å². The number of alkyl halides is 1. The quantitative estimate of drug-likeness (QED) is 0.562. The van der Waals surface area contributed by atoms with E-state index >= 15 is 0 Å². The Hall–Kier alpha value is -1.35. The Balaban J connectivity index is 1.77. The van der Waals surface area contributed by atoms with Crippen molar-refractivity contribution in [2.75, 3.05) is 5.88 Å². The lowest BCUT2D eigenvalue weighted by molar-refractivity contribution is -0.142. The molecule has 0 aliphatic carbocycles. The van der Waals surface area contributed by atoms with Crippen LogP contribution in [0.4, 0.5) is 0 Å². The van der Waals surface area contributed by atoms with Gasteiger partial charge in [0.2, 0.25) is 0 Å². The Morgan fingerprint density at radius 3 is 1.53 bits per heavy atom. The molecule has 0 fully saturated rings. The Morgan fingerprint density at radius 2 is 1.16 bits per heavy atom.